The van der Waals surface area contributed by atoms with Crippen LogP contribution in [0, 0.1) is 17.5 Å². The lowest BCUT2D eigenvalue weighted by molar-refractivity contribution is -0.129. The number of piperazine rings is 1. The number of hydrogen-bond donors (Lipinski definition) is 0. The Bertz CT molecular complexity index is 2020. The van der Waals surface area contributed by atoms with Crippen LogP contribution < -0.4 is 4.74 Å². The molecular weight excluding hydrogens is 776 g/mol. The number of nitrogens with zero attached hydrogens (tertiary/aromatic N) is 4. The van der Waals surface area contributed by atoms with E-state index < -0.39 is 64.6 Å². The fourth-order valence-electron chi connectivity index (χ4n) is 6.84. The van der Waals surface area contributed by atoms with Gasteiger partial charge in [0.2, 0.25) is 11.7 Å². The van der Waals surface area contributed by atoms with Gasteiger partial charge in [-0.1, -0.05) is 35.3 Å². The van der Waals surface area contributed by atoms with Gasteiger partial charge in [-0.05, 0) is 91.0 Å². The van der Waals surface area contributed by atoms with Gasteiger partial charge in [-0.3, -0.25) is 9.69 Å². The average molecular weight is 822 g/mol. The van der Waals surface area contributed by atoms with Gasteiger partial charge in [0.05, 0.1) is 40.0 Å². The van der Waals surface area contributed by atoms with Crippen molar-refractivity contribution in [3.8, 4) is 5.75 Å². The van der Waals surface area contributed by atoms with Gasteiger partial charge < -0.3 is 28.4 Å². The molecule has 0 radical (unpaired) electrons. The molecule has 56 heavy (non-hydrogen) atoms. The quantitative estimate of drug-likeness (QED) is 0.147. The fraction of sp³-hybridized carbons (Fsp3) is 0.500. The van der Waals surface area contributed by atoms with Crippen molar-refractivity contribution >= 4 is 46.9 Å². The first kappa shape index (κ1) is 41.2. The molecule has 3 aromatic rings. The number of halogens is 5. The van der Waals surface area contributed by atoms with E-state index in [9.17, 15) is 22.8 Å². The summed E-state index contributed by atoms with van der Waals surface area (Å²) in [7, 11) is 0. The molecule has 3 heterocycles. The number of ether oxygens (including phenoxy) is 3. The van der Waals surface area contributed by atoms with Gasteiger partial charge in [0.15, 0.2) is 17.4 Å². The molecule has 1 aliphatic carbocycles. The maximum absolute atomic E-state index is 15.2. The zero-order valence-corrected chi connectivity index (χ0v) is 33.6. The van der Waals surface area contributed by atoms with Gasteiger partial charge in [0, 0.05) is 37.7 Å². The maximum atomic E-state index is 15.2. The summed E-state index contributed by atoms with van der Waals surface area (Å²) in [5.74, 6) is -4.72. The van der Waals surface area contributed by atoms with Crippen LogP contribution in [-0.4, -0.2) is 86.8 Å². The van der Waals surface area contributed by atoms with Gasteiger partial charge in [-0.2, -0.15) is 4.39 Å². The van der Waals surface area contributed by atoms with Crippen LogP contribution in [0.2, 0.25) is 10.0 Å². The van der Waals surface area contributed by atoms with E-state index in [0.29, 0.717) is 32.9 Å². The molecule has 2 unspecified atom stereocenters. The molecule has 2 aliphatic heterocycles. The zero-order chi connectivity index (χ0) is 40.7. The van der Waals surface area contributed by atoms with Crippen molar-refractivity contribution in [2.75, 3.05) is 19.7 Å². The molecule has 1 aromatic heterocycles. The van der Waals surface area contributed by atoms with Crippen LogP contribution in [0.15, 0.2) is 46.6 Å². The SMILES string of the molecule is CC(C)(C)OC(=O)N1CC2CC(c3nc(CCCOc4c(F)ccc(F)c4F)co3)=C(C(=O)N(Cc3cccc(Cl)c3Cl)C3CC3)C(C1)N2C(=O)OC(C)(C)C. The minimum Gasteiger partial charge on any atom is -0.488 e. The molecule has 302 valence electrons. The van der Waals surface area contributed by atoms with Gasteiger partial charge in [0.1, 0.15) is 17.5 Å². The predicted octanol–water partition coefficient (Wildman–Crippen LogP) is 8.98. The largest absolute Gasteiger partial charge is 0.488 e. The Hall–Kier alpha value is -4.43. The van der Waals surface area contributed by atoms with Crippen LogP contribution in [-0.2, 0) is 27.2 Å². The second kappa shape index (κ2) is 16.2. The minimum absolute atomic E-state index is 0.0771. The second-order valence-electron chi connectivity index (χ2n) is 16.2. The van der Waals surface area contributed by atoms with Crippen molar-refractivity contribution in [1.82, 2.24) is 19.7 Å². The maximum Gasteiger partial charge on any atom is 0.411 e. The summed E-state index contributed by atoms with van der Waals surface area (Å²) in [6.07, 6.45) is 2.25. The highest BCUT2D eigenvalue weighted by atomic mass is 35.5. The summed E-state index contributed by atoms with van der Waals surface area (Å²) in [5.41, 5.74) is 0.106. The summed E-state index contributed by atoms with van der Waals surface area (Å²) in [5, 5.41) is 0.659. The number of aromatic nitrogens is 1. The Kier molecular flexibility index (Phi) is 11.9. The third-order valence-electron chi connectivity index (χ3n) is 9.39. The Morgan fingerprint density at radius 2 is 1.62 bits per heavy atom. The first-order valence-electron chi connectivity index (χ1n) is 18.5. The molecular formula is C40H45Cl2F3N4O7. The lowest BCUT2D eigenvalue weighted by atomic mass is 9.84. The van der Waals surface area contributed by atoms with Crippen molar-refractivity contribution in [2.45, 2.75) is 110 Å². The molecule has 2 bridgehead atoms. The van der Waals surface area contributed by atoms with Crippen molar-refractivity contribution in [1.29, 1.82) is 0 Å². The molecule has 2 fully saturated rings. The summed E-state index contributed by atoms with van der Waals surface area (Å²) >= 11 is 13.0. The Labute approximate surface area is 333 Å². The first-order chi connectivity index (χ1) is 26.3. The van der Waals surface area contributed by atoms with Crippen LogP contribution in [0.5, 0.6) is 5.75 Å². The second-order valence-corrected chi connectivity index (χ2v) is 17.0. The summed E-state index contributed by atoms with van der Waals surface area (Å²) in [6.45, 7) is 10.5. The van der Waals surface area contributed by atoms with E-state index in [-0.39, 0.29) is 63.0 Å². The Balaban J connectivity index is 1.37. The van der Waals surface area contributed by atoms with Crippen molar-refractivity contribution in [3.05, 3.63) is 86.8 Å². The fourth-order valence-corrected chi connectivity index (χ4v) is 7.22. The molecule has 2 aromatic carbocycles. The van der Waals surface area contributed by atoms with Crippen molar-refractivity contribution in [3.63, 3.8) is 0 Å². The highest BCUT2D eigenvalue weighted by Crippen LogP contribution is 2.42. The van der Waals surface area contributed by atoms with Gasteiger partial charge in [0.25, 0.3) is 5.91 Å². The lowest BCUT2D eigenvalue weighted by Gasteiger charge is -2.50. The molecule has 11 nitrogen and oxygen atoms in total. The van der Waals surface area contributed by atoms with Gasteiger partial charge in [-0.25, -0.2) is 23.4 Å². The van der Waals surface area contributed by atoms with E-state index in [1.807, 2.05) is 0 Å². The van der Waals surface area contributed by atoms with E-state index in [4.69, 9.17) is 46.8 Å². The Morgan fingerprint density at radius 1 is 0.946 bits per heavy atom. The highest BCUT2D eigenvalue weighted by Gasteiger charge is 2.51. The third-order valence-corrected chi connectivity index (χ3v) is 10.3. The number of oxazole rings is 1. The van der Waals surface area contributed by atoms with E-state index in [1.165, 1.54) is 16.1 Å². The normalized spacial score (nSPS) is 18.6. The van der Waals surface area contributed by atoms with Crippen molar-refractivity contribution < 1.29 is 46.2 Å². The molecule has 3 amide bonds. The van der Waals surface area contributed by atoms with Gasteiger partial charge >= 0.3 is 12.2 Å². The molecule has 1 saturated carbocycles. The van der Waals surface area contributed by atoms with Crippen molar-refractivity contribution in [2.24, 2.45) is 0 Å². The number of carbonyl (C=O) groups excluding carboxylic acids is 3. The number of hydrogen-bond acceptors (Lipinski definition) is 8. The number of carbonyl (C=O) groups is 3. The Morgan fingerprint density at radius 3 is 2.30 bits per heavy atom. The molecule has 1 saturated heterocycles. The number of rotatable bonds is 10. The summed E-state index contributed by atoms with van der Waals surface area (Å²) in [6, 6.07) is 4.91. The summed E-state index contributed by atoms with van der Waals surface area (Å²) in [4.78, 5) is 52.2. The van der Waals surface area contributed by atoms with Crippen LogP contribution in [0.3, 0.4) is 0 Å². The van der Waals surface area contributed by atoms with E-state index in [2.05, 4.69) is 0 Å². The van der Waals surface area contributed by atoms with E-state index in [1.54, 1.807) is 64.6 Å². The number of fused-ring (bicyclic) bond motifs is 2. The predicted molar refractivity (Wildman–Crippen MR) is 202 cm³/mol. The molecule has 0 N–H and O–H groups in total. The summed E-state index contributed by atoms with van der Waals surface area (Å²) < 4.78 is 64.7. The average Bonchev–Trinajstić information content (AvgIpc) is 3.84. The van der Waals surface area contributed by atoms with E-state index in [0.717, 1.165) is 18.9 Å². The van der Waals surface area contributed by atoms with Crippen LogP contribution >= 0.6 is 23.2 Å². The molecule has 2 atom stereocenters. The smallest absolute Gasteiger partial charge is 0.411 e. The lowest BCUT2D eigenvalue weighted by Crippen LogP contribution is -2.66. The first-order valence-corrected chi connectivity index (χ1v) is 19.2. The van der Waals surface area contributed by atoms with Crippen LogP contribution in [0.1, 0.15) is 84.4 Å². The number of benzene rings is 2. The standard InChI is InChI=1S/C40H45Cl2F3N4O7/c1-39(2,3)55-37(51)47-19-25-17-26(35-46-23(21-54-35)10-8-16-53-34-29(44)15-14-28(43)33(34)45)31(30(20-47)49(25)38(52)56-40(4,5)6)36(50)48(24-12-13-24)18-22-9-7-11-27(41)32(22)42/h7,9,11,14-15,21,24-25,30H,8,10,12-13,16-20H2,1-6H3. The van der Waals surface area contributed by atoms with Crippen LogP contribution in [0.25, 0.3) is 5.57 Å². The van der Waals surface area contributed by atoms with E-state index >= 15 is 4.79 Å². The molecule has 6 rings (SSSR count). The number of amides is 3. The third kappa shape index (κ3) is 9.39. The zero-order valence-electron chi connectivity index (χ0n) is 32.1. The monoisotopic (exact) mass is 820 g/mol. The van der Waals surface area contributed by atoms with Crippen LogP contribution in [0.4, 0.5) is 22.8 Å². The minimum atomic E-state index is -1.41. The topological polar surface area (TPSA) is 115 Å². The molecule has 0 spiro atoms. The molecule has 3 aliphatic rings. The van der Waals surface area contributed by atoms with Gasteiger partial charge in [-0.15, -0.1) is 0 Å². The number of aryl methyl sites for hydroxylation is 1. The molecule has 16 heteroatoms. The highest BCUT2D eigenvalue weighted by molar-refractivity contribution is 6.42.